The Hall–Kier alpha value is -2.92. The molecule has 6 nitrogen and oxygen atoms in total. The normalized spacial score (nSPS) is 18.2. The molecule has 2 aromatic carbocycles. The van der Waals surface area contributed by atoms with E-state index in [0.717, 1.165) is 12.1 Å². The molecule has 0 saturated carbocycles. The Labute approximate surface area is 182 Å². The largest absolute Gasteiger partial charge is 0.418 e. The molecule has 1 fully saturated rings. The van der Waals surface area contributed by atoms with Gasteiger partial charge in [-0.05, 0) is 49.4 Å². The maximum atomic E-state index is 13.4. The predicted octanol–water partition coefficient (Wildman–Crippen LogP) is 3.93. The van der Waals surface area contributed by atoms with Gasteiger partial charge in [-0.1, -0.05) is 6.07 Å². The highest BCUT2D eigenvalue weighted by molar-refractivity contribution is 7.89. The first-order chi connectivity index (χ1) is 15.1. The number of alkyl halides is 3. The summed E-state index contributed by atoms with van der Waals surface area (Å²) >= 11 is 0. The molecule has 4 rings (SSSR count). The molecule has 0 amide bonds. The van der Waals surface area contributed by atoms with Crippen LogP contribution in [0.1, 0.15) is 12.5 Å². The Balaban J connectivity index is 1.59. The Morgan fingerprint density at radius 2 is 1.84 bits per heavy atom. The first-order valence-electron chi connectivity index (χ1n) is 9.81. The van der Waals surface area contributed by atoms with E-state index in [9.17, 15) is 26.0 Å². The second-order valence-corrected chi connectivity index (χ2v) is 9.41. The third-order valence-electron chi connectivity index (χ3n) is 5.36. The van der Waals surface area contributed by atoms with E-state index >= 15 is 0 Å². The average Bonchev–Trinajstić information content (AvgIpc) is 3.28. The first-order valence-corrected chi connectivity index (χ1v) is 11.2. The van der Waals surface area contributed by atoms with Crippen LogP contribution in [0.15, 0.2) is 65.8 Å². The third kappa shape index (κ3) is 4.22. The first kappa shape index (κ1) is 22.3. The van der Waals surface area contributed by atoms with Gasteiger partial charge < -0.3 is 4.90 Å². The van der Waals surface area contributed by atoms with Crippen LogP contribution in [0.5, 0.6) is 0 Å². The number of piperazine rings is 1. The zero-order valence-corrected chi connectivity index (χ0v) is 17.8. The van der Waals surface area contributed by atoms with Crippen molar-refractivity contribution in [3.05, 3.63) is 72.3 Å². The Morgan fingerprint density at radius 1 is 1.06 bits per heavy atom. The van der Waals surface area contributed by atoms with E-state index < -0.39 is 33.6 Å². The van der Waals surface area contributed by atoms with Crippen molar-refractivity contribution in [3.8, 4) is 5.69 Å². The molecule has 1 atom stereocenters. The van der Waals surface area contributed by atoms with Crippen LogP contribution in [-0.2, 0) is 16.2 Å². The fourth-order valence-corrected chi connectivity index (χ4v) is 5.52. The second kappa shape index (κ2) is 8.21. The molecule has 0 N–H and O–H groups in total. The third-order valence-corrected chi connectivity index (χ3v) is 7.37. The van der Waals surface area contributed by atoms with E-state index in [1.165, 1.54) is 26.0 Å². The molecule has 11 heteroatoms. The number of hydrogen-bond acceptors (Lipinski definition) is 4. The second-order valence-electron chi connectivity index (χ2n) is 7.52. The average molecular weight is 468 g/mol. The molecule has 2 heterocycles. The molecule has 0 radical (unpaired) electrons. The van der Waals surface area contributed by atoms with E-state index in [2.05, 4.69) is 5.10 Å². The predicted molar refractivity (Wildman–Crippen MR) is 111 cm³/mol. The zero-order valence-electron chi connectivity index (χ0n) is 17.0. The van der Waals surface area contributed by atoms with E-state index in [0.29, 0.717) is 11.8 Å². The van der Waals surface area contributed by atoms with Crippen LogP contribution < -0.4 is 4.90 Å². The molecule has 0 unspecified atom stereocenters. The molecule has 0 aliphatic carbocycles. The van der Waals surface area contributed by atoms with Crippen LogP contribution in [0.4, 0.5) is 23.2 Å². The number of hydrogen-bond donors (Lipinski definition) is 0. The molecule has 0 bridgehead atoms. The van der Waals surface area contributed by atoms with E-state index in [1.54, 1.807) is 37.5 Å². The van der Waals surface area contributed by atoms with Gasteiger partial charge in [-0.25, -0.2) is 17.5 Å². The lowest BCUT2D eigenvalue weighted by atomic mass is 10.1. The number of anilines is 1. The minimum Gasteiger partial charge on any atom is -0.368 e. The van der Waals surface area contributed by atoms with Gasteiger partial charge in [-0.15, -0.1) is 0 Å². The fourth-order valence-electron chi connectivity index (χ4n) is 3.87. The Bertz CT molecular complexity index is 1210. The van der Waals surface area contributed by atoms with Crippen molar-refractivity contribution in [1.82, 2.24) is 14.1 Å². The molecular formula is C21H20F4N4O2S. The summed E-state index contributed by atoms with van der Waals surface area (Å²) in [6.07, 6.45) is -1.46. The van der Waals surface area contributed by atoms with Gasteiger partial charge in [0.1, 0.15) is 5.82 Å². The quantitative estimate of drug-likeness (QED) is 0.545. The molecule has 1 aliphatic rings. The van der Waals surface area contributed by atoms with Gasteiger partial charge in [0.25, 0.3) is 0 Å². The standard InChI is InChI=1S/C21H20F4N4O2S/c1-15-14-27(20-7-6-16(22)12-19(20)21(23,24)25)10-11-29(15)32(30,31)18-5-2-4-17(13-18)28-9-3-8-26-28/h2-9,12-13,15H,10-11,14H2,1H3/t15-/m1/s1. The summed E-state index contributed by atoms with van der Waals surface area (Å²) in [5.74, 6) is -0.979. The van der Waals surface area contributed by atoms with Crippen molar-refractivity contribution in [2.24, 2.45) is 0 Å². The highest BCUT2D eigenvalue weighted by Gasteiger charge is 2.39. The summed E-state index contributed by atoms with van der Waals surface area (Å²) in [4.78, 5) is 1.52. The highest BCUT2D eigenvalue weighted by atomic mass is 32.2. The number of rotatable bonds is 4. The minimum absolute atomic E-state index is 0.00975. The van der Waals surface area contributed by atoms with Crippen molar-refractivity contribution in [2.75, 3.05) is 24.5 Å². The highest BCUT2D eigenvalue weighted by Crippen LogP contribution is 2.38. The number of halogens is 4. The summed E-state index contributed by atoms with van der Waals surface area (Å²) in [5, 5.41) is 4.10. The lowest BCUT2D eigenvalue weighted by molar-refractivity contribution is -0.137. The van der Waals surface area contributed by atoms with Gasteiger partial charge in [-0.3, -0.25) is 0 Å². The summed E-state index contributed by atoms with van der Waals surface area (Å²) in [7, 11) is -3.89. The summed E-state index contributed by atoms with van der Waals surface area (Å²) < 4.78 is 83.1. The van der Waals surface area contributed by atoms with E-state index in [-0.39, 0.29) is 30.2 Å². The van der Waals surface area contributed by atoms with Crippen molar-refractivity contribution in [2.45, 2.75) is 24.0 Å². The maximum absolute atomic E-state index is 13.4. The van der Waals surface area contributed by atoms with E-state index in [1.807, 2.05) is 0 Å². The smallest absolute Gasteiger partial charge is 0.368 e. The molecule has 1 saturated heterocycles. The van der Waals surface area contributed by atoms with Gasteiger partial charge in [-0.2, -0.15) is 22.6 Å². The van der Waals surface area contributed by atoms with Crippen molar-refractivity contribution < 1.29 is 26.0 Å². The van der Waals surface area contributed by atoms with Crippen molar-refractivity contribution in [3.63, 3.8) is 0 Å². The summed E-state index contributed by atoms with van der Waals surface area (Å²) in [5.41, 5.74) is -0.667. The van der Waals surface area contributed by atoms with E-state index in [4.69, 9.17) is 0 Å². The van der Waals surface area contributed by atoms with Crippen LogP contribution in [-0.4, -0.2) is 48.2 Å². The van der Waals surface area contributed by atoms with Crippen LogP contribution in [0.3, 0.4) is 0 Å². The van der Waals surface area contributed by atoms with Crippen LogP contribution in [0.25, 0.3) is 5.69 Å². The Kier molecular flexibility index (Phi) is 5.72. The molecule has 1 aliphatic heterocycles. The summed E-state index contributed by atoms with van der Waals surface area (Å²) in [6, 6.07) is 9.94. The lowest BCUT2D eigenvalue weighted by Gasteiger charge is -2.40. The molecular weight excluding hydrogens is 448 g/mol. The monoisotopic (exact) mass is 468 g/mol. The number of benzene rings is 2. The van der Waals surface area contributed by atoms with Crippen LogP contribution in [0.2, 0.25) is 0 Å². The Morgan fingerprint density at radius 3 is 2.50 bits per heavy atom. The minimum atomic E-state index is -4.73. The summed E-state index contributed by atoms with van der Waals surface area (Å²) in [6.45, 7) is 1.70. The molecule has 1 aromatic heterocycles. The number of sulfonamides is 1. The van der Waals surface area contributed by atoms with Gasteiger partial charge in [0.2, 0.25) is 10.0 Å². The van der Waals surface area contributed by atoms with Crippen molar-refractivity contribution >= 4 is 15.7 Å². The molecule has 3 aromatic rings. The molecule has 0 spiro atoms. The topological polar surface area (TPSA) is 58.4 Å². The number of aromatic nitrogens is 2. The van der Waals surface area contributed by atoms with Gasteiger partial charge >= 0.3 is 6.18 Å². The molecule has 170 valence electrons. The maximum Gasteiger partial charge on any atom is 0.418 e. The number of nitrogens with zero attached hydrogens (tertiary/aromatic N) is 4. The van der Waals surface area contributed by atoms with Crippen LogP contribution in [0, 0.1) is 5.82 Å². The van der Waals surface area contributed by atoms with Crippen molar-refractivity contribution in [1.29, 1.82) is 0 Å². The zero-order chi connectivity index (χ0) is 23.1. The van der Waals surface area contributed by atoms with Gasteiger partial charge in [0, 0.05) is 43.8 Å². The van der Waals surface area contributed by atoms with Gasteiger partial charge in [0.15, 0.2) is 0 Å². The van der Waals surface area contributed by atoms with Gasteiger partial charge in [0.05, 0.1) is 16.1 Å². The molecule has 32 heavy (non-hydrogen) atoms. The lowest BCUT2D eigenvalue weighted by Crippen LogP contribution is -2.54. The van der Waals surface area contributed by atoms with Crippen LogP contribution >= 0.6 is 0 Å². The fraction of sp³-hybridized carbons (Fsp3) is 0.286. The SMILES string of the molecule is C[C@@H]1CN(c2ccc(F)cc2C(F)(F)F)CCN1S(=O)(=O)c1cccc(-n2cccn2)c1.